The molecule has 6 heteroatoms. The second kappa shape index (κ2) is 5.67. The third-order valence-electron chi connectivity index (χ3n) is 2.51. The van der Waals surface area contributed by atoms with Gasteiger partial charge in [0.2, 0.25) is 11.1 Å². The Morgan fingerprint density at radius 3 is 2.63 bits per heavy atom. The molecule has 0 fully saturated rings. The van der Waals surface area contributed by atoms with Gasteiger partial charge < -0.3 is 9.47 Å². The van der Waals surface area contributed by atoms with Crippen LogP contribution in [0.1, 0.15) is 16.1 Å². The van der Waals surface area contributed by atoms with Crippen molar-refractivity contribution in [2.24, 2.45) is 0 Å². The van der Waals surface area contributed by atoms with E-state index in [2.05, 4.69) is 9.97 Å². The molecule has 1 heterocycles. The molecule has 1 aromatic heterocycles. The summed E-state index contributed by atoms with van der Waals surface area (Å²) in [5.41, 5.74) is 0.599. The summed E-state index contributed by atoms with van der Waals surface area (Å²) in [4.78, 5) is 19.9. The number of methoxy groups -OCH3 is 2. The van der Waals surface area contributed by atoms with E-state index in [0.29, 0.717) is 17.1 Å². The van der Waals surface area contributed by atoms with Gasteiger partial charge in [0.15, 0.2) is 0 Å². The monoisotopic (exact) mass is 278 g/mol. The number of rotatable bonds is 4. The molecule has 1 aromatic carbocycles. The van der Waals surface area contributed by atoms with Gasteiger partial charge in [-0.1, -0.05) is 0 Å². The van der Waals surface area contributed by atoms with Crippen LogP contribution in [0.4, 0.5) is 0 Å². The molecule has 0 N–H and O–H groups in total. The molecule has 2 aromatic rings. The molecule has 0 amide bonds. The Morgan fingerprint density at radius 1 is 1.21 bits per heavy atom. The first-order valence-electron chi connectivity index (χ1n) is 5.41. The minimum Gasteiger partial charge on any atom is -0.497 e. The minimum atomic E-state index is -0.288. The largest absolute Gasteiger partial charge is 0.497 e. The molecule has 0 saturated carbocycles. The van der Waals surface area contributed by atoms with Crippen molar-refractivity contribution in [3.05, 3.63) is 47.0 Å². The van der Waals surface area contributed by atoms with Crippen LogP contribution in [0.3, 0.4) is 0 Å². The lowest BCUT2D eigenvalue weighted by Gasteiger charge is -2.09. The standard InChI is InChI=1S/C13H11ClN2O3/c1-18-8-3-4-9(11(7-8)19-2)12(17)10-5-6-15-13(14)16-10/h3-7H,1-2H3. The lowest BCUT2D eigenvalue weighted by molar-refractivity contribution is 0.103. The van der Waals surface area contributed by atoms with E-state index in [-0.39, 0.29) is 16.8 Å². The molecule has 0 aliphatic rings. The van der Waals surface area contributed by atoms with Crippen LogP contribution in [0.25, 0.3) is 0 Å². The van der Waals surface area contributed by atoms with Crippen molar-refractivity contribution in [2.75, 3.05) is 14.2 Å². The van der Waals surface area contributed by atoms with Crippen LogP contribution in [0.5, 0.6) is 11.5 Å². The third kappa shape index (κ3) is 2.82. The summed E-state index contributed by atoms with van der Waals surface area (Å²) >= 11 is 5.67. The second-order valence-electron chi connectivity index (χ2n) is 3.61. The van der Waals surface area contributed by atoms with Gasteiger partial charge in [0.25, 0.3) is 0 Å². The highest BCUT2D eigenvalue weighted by Crippen LogP contribution is 2.26. The summed E-state index contributed by atoms with van der Waals surface area (Å²) < 4.78 is 10.3. The SMILES string of the molecule is COc1ccc(C(=O)c2ccnc(Cl)n2)c(OC)c1. The van der Waals surface area contributed by atoms with Crippen LogP contribution in [-0.4, -0.2) is 30.0 Å². The number of nitrogens with zero attached hydrogens (tertiary/aromatic N) is 2. The van der Waals surface area contributed by atoms with Gasteiger partial charge in [-0.05, 0) is 29.8 Å². The van der Waals surface area contributed by atoms with Crippen molar-refractivity contribution in [1.82, 2.24) is 9.97 Å². The summed E-state index contributed by atoms with van der Waals surface area (Å²) in [5, 5.41) is 0.0262. The zero-order chi connectivity index (χ0) is 13.8. The molecule has 0 radical (unpaired) electrons. The Morgan fingerprint density at radius 2 is 2.00 bits per heavy atom. The van der Waals surface area contributed by atoms with E-state index in [1.807, 2.05) is 0 Å². The summed E-state index contributed by atoms with van der Waals surface area (Å²) in [7, 11) is 3.03. The van der Waals surface area contributed by atoms with Crippen molar-refractivity contribution in [3.63, 3.8) is 0 Å². The number of hydrogen-bond donors (Lipinski definition) is 0. The Balaban J connectivity index is 2.44. The summed E-state index contributed by atoms with van der Waals surface area (Å²) in [6.07, 6.45) is 1.43. The van der Waals surface area contributed by atoms with Gasteiger partial charge in [-0.25, -0.2) is 9.97 Å². The molecule has 5 nitrogen and oxygen atoms in total. The predicted molar refractivity (Wildman–Crippen MR) is 70.0 cm³/mol. The Bertz CT molecular complexity index is 617. The molecular formula is C13H11ClN2O3. The predicted octanol–water partition coefficient (Wildman–Crippen LogP) is 2.38. The number of aromatic nitrogens is 2. The van der Waals surface area contributed by atoms with Crippen LogP contribution < -0.4 is 9.47 Å². The molecule has 2 rings (SSSR count). The molecule has 0 bridgehead atoms. The van der Waals surface area contributed by atoms with Crippen molar-refractivity contribution >= 4 is 17.4 Å². The van der Waals surface area contributed by atoms with E-state index in [4.69, 9.17) is 21.1 Å². The second-order valence-corrected chi connectivity index (χ2v) is 3.94. The highest BCUT2D eigenvalue weighted by Gasteiger charge is 2.17. The van der Waals surface area contributed by atoms with Crippen molar-refractivity contribution in [1.29, 1.82) is 0 Å². The normalized spacial score (nSPS) is 10.1. The molecule has 0 atom stereocenters. The molecule has 98 valence electrons. The summed E-state index contributed by atoms with van der Waals surface area (Å²) in [5.74, 6) is 0.733. The van der Waals surface area contributed by atoms with E-state index in [1.54, 1.807) is 25.3 Å². The fourth-order valence-electron chi connectivity index (χ4n) is 1.59. The van der Waals surface area contributed by atoms with Gasteiger partial charge in [-0.3, -0.25) is 4.79 Å². The van der Waals surface area contributed by atoms with Gasteiger partial charge in [0, 0.05) is 12.3 Å². The van der Waals surface area contributed by atoms with Crippen molar-refractivity contribution < 1.29 is 14.3 Å². The fraction of sp³-hybridized carbons (Fsp3) is 0.154. The number of carbonyl (C=O) groups is 1. The van der Waals surface area contributed by atoms with E-state index in [1.165, 1.54) is 19.4 Å². The Kier molecular flexibility index (Phi) is 3.97. The zero-order valence-electron chi connectivity index (χ0n) is 10.4. The average molecular weight is 279 g/mol. The summed E-state index contributed by atoms with van der Waals surface area (Å²) in [6, 6.07) is 6.43. The Hall–Kier alpha value is -2.14. The molecular weight excluding hydrogens is 268 g/mol. The maximum atomic E-state index is 12.3. The van der Waals surface area contributed by atoms with Gasteiger partial charge in [0.1, 0.15) is 17.2 Å². The van der Waals surface area contributed by atoms with Crippen LogP contribution in [-0.2, 0) is 0 Å². The highest BCUT2D eigenvalue weighted by molar-refractivity contribution is 6.28. The van der Waals surface area contributed by atoms with Crippen LogP contribution >= 0.6 is 11.6 Å². The van der Waals surface area contributed by atoms with E-state index in [0.717, 1.165) is 0 Å². The first-order valence-corrected chi connectivity index (χ1v) is 5.78. The maximum Gasteiger partial charge on any atom is 0.222 e. The van der Waals surface area contributed by atoms with Gasteiger partial charge in [0.05, 0.1) is 19.8 Å². The molecule has 0 aliphatic carbocycles. The Labute approximate surface area is 115 Å². The molecule has 0 spiro atoms. The molecule has 19 heavy (non-hydrogen) atoms. The molecule has 0 saturated heterocycles. The first kappa shape index (κ1) is 13.3. The number of hydrogen-bond acceptors (Lipinski definition) is 5. The van der Waals surface area contributed by atoms with E-state index < -0.39 is 0 Å². The maximum absolute atomic E-state index is 12.3. The number of halogens is 1. The van der Waals surface area contributed by atoms with Crippen LogP contribution in [0.15, 0.2) is 30.5 Å². The van der Waals surface area contributed by atoms with Crippen molar-refractivity contribution in [2.45, 2.75) is 0 Å². The van der Waals surface area contributed by atoms with Gasteiger partial charge in [-0.2, -0.15) is 0 Å². The number of benzene rings is 1. The minimum absolute atomic E-state index is 0.0262. The lowest BCUT2D eigenvalue weighted by atomic mass is 10.1. The number of ketones is 1. The van der Waals surface area contributed by atoms with E-state index in [9.17, 15) is 4.79 Å². The molecule has 0 unspecified atom stereocenters. The van der Waals surface area contributed by atoms with Crippen LogP contribution in [0, 0.1) is 0 Å². The first-order chi connectivity index (χ1) is 9.15. The van der Waals surface area contributed by atoms with E-state index >= 15 is 0 Å². The molecule has 0 aliphatic heterocycles. The number of carbonyl (C=O) groups excluding carboxylic acids is 1. The topological polar surface area (TPSA) is 61.3 Å². The summed E-state index contributed by atoms with van der Waals surface area (Å²) in [6.45, 7) is 0. The van der Waals surface area contributed by atoms with Crippen molar-refractivity contribution in [3.8, 4) is 11.5 Å². The van der Waals surface area contributed by atoms with Gasteiger partial charge >= 0.3 is 0 Å². The fourth-order valence-corrected chi connectivity index (χ4v) is 1.73. The smallest absolute Gasteiger partial charge is 0.222 e. The van der Waals surface area contributed by atoms with Gasteiger partial charge in [-0.15, -0.1) is 0 Å². The lowest BCUT2D eigenvalue weighted by Crippen LogP contribution is -2.07. The zero-order valence-corrected chi connectivity index (χ0v) is 11.1. The highest BCUT2D eigenvalue weighted by atomic mass is 35.5. The average Bonchev–Trinajstić information content (AvgIpc) is 2.45. The quantitative estimate of drug-likeness (QED) is 0.635. The number of ether oxygens (including phenoxy) is 2. The van der Waals surface area contributed by atoms with Crippen LogP contribution in [0.2, 0.25) is 5.28 Å². The third-order valence-corrected chi connectivity index (χ3v) is 2.69.